The van der Waals surface area contributed by atoms with Crippen LogP contribution in [0.25, 0.3) is 11.4 Å². The quantitative estimate of drug-likeness (QED) is 0.311. The summed E-state index contributed by atoms with van der Waals surface area (Å²) in [5.41, 5.74) is 2.47. The first-order valence-corrected chi connectivity index (χ1v) is 12.0. The zero-order chi connectivity index (χ0) is 24.3. The lowest BCUT2D eigenvalue weighted by atomic mass is 10.1. The highest BCUT2D eigenvalue weighted by molar-refractivity contribution is 7.89. The molecule has 0 aliphatic carbocycles. The van der Waals surface area contributed by atoms with Gasteiger partial charge >= 0.3 is 0 Å². The highest BCUT2D eigenvalue weighted by Gasteiger charge is 2.22. The highest BCUT2D eigenvalue weighted by Crippen LogP contribution is 2.25. The van der Waals surface area contributed by atoms with Crippen molar-refractivity contribution in [3.63, 3.8) is 0 Å². The van der Waals surface area contributed by atoms with E-state index in [1.807, 2.05) is 31.2 Å². The molecule has 0 fully saturated rings. The molecule has 2 aromatic heterocycles. The molecule has 0 radical (unpaired) electrons. The molecule has 0 unspecified atom stereocenters. The van der Waals surface area contributed by atoms with E-state index >= 15 is 0 Å². The summed E-state index contributed by atoms with van der Waals surface area (Å²) in [6, 6.07) is 14.2. The smallest absolute Gasteiger partial charge is 0.241 e. The number of H-pyrrole nitrogens is 1. The fraction of sp³-hybridized carbons (Fsp3) is 0.217. The number of rotatable bonds is 7. The van der Waals surface area contributed by atoms with E-state index in [1.165, 1.54) is 6.33 Å². The molecule has 176 valence electrons. The Hall–Kier alpha value is -3.83. The molecule has 0 saturated carbocycles. The van der Waals surface area contributed by atoms with Crippen LogP contribution >= 0.6 is 0 Å². The Balaban J connectivity index is 1.55. The minimum Gasteiger partial charge on any atom is -0.340 e. The Morgan fingerprint density at radius 1 is 0.941 bits per heavy atom. The SMILES string of the molecule is Cc1cnc(Nc2cccc(-c3ncn[nH]3)c2)nc1Nc1cccc(S(=O)(=O)NC(C)(C)C)c1. The second kappa shape index (κ2) is 9.20. The molecule has 0 aliphatic heterocycles. The van der Waals surface area contributed by atoms with Crippen LogP contribution in [0.4, 0.5) is 23.1 Å². The molecule has 10 nitrogen and oxygen atoms in total. The Bertz CT molecular complexity index is 1400. The van der Waals surface area contributed by atoms with Crippen molar-refractivity contribution in [2.45, 2.75) is 38.1 Å². The van der Waals surface area contributed by atoms with Crippen LogP contribution < -0.4 is 15.4 Å². The van der Waals surface area contributed by atoms with E-state index in [-0.39, 0.29) is 4.90 Å². The Labute approximate surface area is 198 Å². The number of benzene rings is 2. The van der Waals surface area contributed by atoms with Gasteiger partial charge in [0.2, 0.25) is 16.0 Å². The summed E-state index contributed by atoms with van der Waals surface area (Å²) in [6.07, 6.45) is 3.15. The molecule has 4 rings (SSSR count). The average molecular weight is 479 g/mol. The second-order valence-electron chi connectivity index (χ2n) is 8.77. The maximum atomic E-state index is 12.7. The van der Waals surface area contributed by atoms with Crippen molar-refractivity contribution >= 4 is 33.2 Å². The monoisotopic (exact) mass is 478 g/mol. The molecule has 2 aromatic carbocycles. The number of aryl methyl sites for hydroxylation is 1. The van der Waals surface area contributed by atoms with E-state index in [2.05, 4.69) is 40.5 Å². The normalized spacial score (nSPS) is 11.9. The van der Waals surface area contributed by atoms with Gasteiger partial charge in [-0.2, -0.15) is 10.1 Å². The number of nitrogens with zero attached hydrogens (tertiary/aromatic N) is 4. The van der Waals surface area contributed by atoms with Crippen LogP contribution in [0, 0.1) is 6.92 Å². The molecule has 4 N–H and O–H groups in total. The average Bonchev–Trinajstić information content (AvgIpc) is 3.30. The fourth-order valence-corrected chi connectivity index (χ4v) is 4.65. The van der Waals surface area contributed by atoms with Crippen LogP contribution in [0.3, 0.4) is 0 Å². The zero-order valence-electron chi connectivity index (χ0n) is 19.3. The van der Waals surface area contributed by atoms with E-state index in [4.69, 9.17) is 0 Å². The molecule has 34 heavy (non-hydrogen) atoms. The maximum absolute atomic E-state index is 12.7. The van der Waals surface area contributed by atoms with Gasteiger partial charge in [-0.3, -0.25) is 5.10 Å². The van der Waals surface area contributed by atoms with E-state index in [9.17, 15) is 8.42 Å². The molecular weight excluding hydrogens is 452 g/mol. The van der Waals surface area contributed by atoms with E-state index in [0.29, 0.717) is 23.3 Å². The topological polar surface area (TPSA) is 138 Å². The summed E-state index contributed by atoms with van der Waals surface area (Å²) in [5.74, 6) is 1.61. The number of hydrogen-bond donors (Lipinski definition) is 4. The first-order valence-electron chi connectivity index (χ1n) is 10.6. The standard InChI is InChI=1S/C23H26N8O2S/c1-15-13-24-22(28-17-8-5-7-16(11-17)21-25-14-26-30-21)29-20(15)27-18-9-6-10-19(12-18)34(32,33)31-23(2,3)4/h5-14,31H,1-4H3,(H,25,26,30)(H2,24,27,28,29). The molecular formula is C23H26N8O2S. The third kappa shape index (κ3) is 5.74. The van der Waals surface area contributed by atoms with Crippen LogP contribution in [0.15, 0.2) is 66.0 Å². The summed E-state index contributed by atoms with van der Waals surface area (Å²) >= 11 is 0. The predicted molar refractivity (Wildman–Crippen MR) is 132 cm³/mol. The molecule has 0 amide bonds. The molecule has 0 spiro atoms. The lowest BCUT2D eigenvalue weighted by Gasteiger charge is -2.20. The lowest BCUT2D eigenvalue weighted by Crippen LogP contribution is -2.40. The van der Waals surface area contributed by atoms with Gasteiger partial charge in [0.15, 0.2) is 5.82 Å². The Kier molecular flexibility index (Phi) is 6.31. The summed E-state index contributed by atoms with van der Waals surface area (Å²) in [6.45, 7) is 7.27. The van der Waals surface area contributed by atoms with Gasteiger partial charge in [0.1, 0.15) is 12.1 Å². The van der Waals surface area contributed by atoms with E-state index < -0.39 is 15.6 Å². The van der Waals surface area contributed by atoms with Crippen molar-refractivity contribution in [1.82, 2.24) is 29.9 Å². The van der Waals surface area contributed by atoms with Crippen molar-refractivity contribution in [1.29, 1.82) is 0 Å². The van der Waals surface area contributed by atoms with Gasteiger partial charge in [-0.15, -0.1) is 0 Å². The van der Waals surface area contributed by atoms with Crippen molar-refractivity contribution < 1.29 is 8.42 Å². The summed E-state index contributed by atoms with van der Waals surface area (Å²) in [4.78, 5) is 13.3. The minimum absolute atomic E-state index is 0.168. The highest BCUT2D eigenvalue weighted by atomic mass is 32.2. The van der Waals surface area contributed by atoms with Crippen LogP contribution in [-0.4, -0.2) is 39.1 Å². The predicted octanol–water partition coefficient (Wildman–Crippen LogP) is 4.13. The largest absolute Gasteiger partial charge is 0.340 e. The molecule has 4 aromatic rings. The van der Waals surface area contributed by atoms with E-state index in [1.54, 1.807) is 51.2 Å². The summed E-state index contributed by atoms with van der Waals surface area (Å²) < 4.78 is 28.1. The first-order chi connectivity index (χ1) is 16.1. The Morgan fingerprint density at radius 3 is 2.38 bits per heavy atom. The number of hydrogen-bond acceptors (Lipinski definition) is 8. The molecule has 0 atom stereocenters. The van der Waals surface area contributed by atoms with Gasteiger partial charge in [-0.1, -0.05) is 18.2 Å². The van der Waals surface area contributed by atoms with Crippen molar-refractivity contribution in [3.05, 3.63) is 66.6 Å². The lowest BCUT2D eigenvalue weighted by molar-refractivity contribution is 0.491. The van der Waals surface area contributed by atoms with Gasteiger partial charge in [0.05, 0.1) is 4.90 Å². The van der Waals surface area contributed by atoms with Crippen LogP contribution in [0.2, 0.25) is 0 Å². The molecule has 0 saturated heterocycles. The van der Waals surface area contributed by atoms with Crippen molar-refractivity contribution in [2.24, 2.45) is 0 Å². The first kappa shape index (κ1) is 23.3. The molecule has 11 heteroatoms. The van der Waals surface area contributed by atoms with E-state index in [0.717, 1.165) is 16.8 Å². The summed E-state index contributed by atoms with van der Waals surface area (Å²) in [7, 11) is -3.66. The second-order valence-corrected chi connectivity index (χ2v) is 10.5. The van der Waals surface area contributed by atoms with Crippen LogP contribution in [0.5, 0.6) is 0 Å². The van der Waals surface area contributed by atoms with Gasteiger partial charge < -0.3 is 10.6 Å². The number of anilines is 4. The minimum atomic E-state index is -3.66. The maximum Gasteiger partial charge on any atom is 0.241 e. The number of aromatic amines is 1. The number of sulfonamides is 1. The van der Waals surface area contributed by atoms with Gasteiger partial charge in [-0.25, -0.2) is 23.1 Å². The van der Waals surface area contributed by atoms with Crippen LogP contribution in [-0.2, 0) is 10.0 Å². The van der Waals surface area contributed by atoms with Gasteiger partial charge in [0.25, 0.3) is 0 Å². The van der Waals surface area contributed by atoms with Gasteiger partial charge in [0, 0.05) is 34.2 Å². The summed E-state index contributed by atoms with van der Waals surface area (Å²) in [5, 5.41) is 13.1. The zero-order valence-corrected chi connectivity index (χ0v) is 20.1. The fourth-order valence-electron chi connectivity index (χ4n) is 3.19. The van der Waals surface area contributed by atoms with Gasteiger partial charge in [-0.05, 0) is 58.0 Å². The Morgan fingerprint density at radius 2 is 1.68 bits per heavy atom. The molecule has 0 bridgehead atoms. The van der Waals surface area contributed by atoms with Crippen molar-refractivity contribution in [3.8, 4) is 11.4 Å². The number of nitrogens with one attached hydrogen (secondary N) is 4. The third-order valence-electron chi connectivity index (χ3n) is 4.63. The number of aromatic nitrogens is 5. The van der Waals surface area contributed by atoms with Crippen LogP contribution in [0.1, 0.15) is 26.3 Å². The third-order valence-corrected chi connectivity index (χ3v) is 6.38. The molecule has 0 aliphatic rings. The van der Waals surface area contributed by atoms with Crippen molar-refractivity contribution in [2.75, 3.05) is 10.6 Å². The molecule has 2 heterocycles.